The quantitative estimate of drug-likeness (QED) is 0.559. The number of hydrogen-bond donors (Lipinski definition) is 1. The fourth-order valence-corrected chi connectivity index (χ4v) is 6.52. The highest BCUT2D eigenvalue weighted by Gasteiger charge is 2.31. The molecular formula is C26H32N4O3S. The van der Waals surface area contributed by atoms with Crippen molar-refractivity contribution >= 4 is 21.6 Å². The number of sulfonamides is 1. The van der Waals surface area contributed by atoms with Crippen molar-refractivity contribution in [1.29, 1.82) is 0 Å². The van der Waals surface area contributed by atoms with Gasteiger partial charge in [0, 0.05) is 24.3 Å². The summed E-state index contributed by atoms with van der Waals surface area (Å²) in [5.41, 5.74) is 5.62. The summed E-state index contributed by atoms with van der Waals surface area (Å²) in [6.07, 6.45) is 2.87. The van der Waals surface area contributed by atoms with Gasteiger partial charge in [-0.25, -0.2) is 8.42 Å². The minimum Gasteiger partial charge on any atom is -0.322 e. The number of hydrogen-bond acceptors (Lipinski definition) is 4. The van der Waals surface area contributed by atoms with Crippen molar-refractivity contribution in [3.05, 3.63) is 76.1 Å². The van der Waals surface area contributed by atoms with E-state index in [1.54, 1.807) is 28.0 Å². The zero-order chi connectivity index (χ0) is 24.5. The number of nitrogens with one attached hydrogen (secondary N) is 1. The van der Waals surface area contributed by atoms with Crippen LogP contribution in [0.25, 0.3) is 0 Å². The maximum absolute atomic E-state index is 13.2. The molecule has 1 N–H and O–H groups in total. The number of benzene rings is 2. The number of nitrogens with zero attached hydrogens (tertiary/aromatic N) is 3. The standard InChI is InChI=1S/C26H32N4O3S/c1-18-14-19(2)16-24(15-18)27-26(31)23-10-8-22(9-11-23)17-30-21(4)25(20(3)28-30)34(32,33)29-12-6-5-7-13-29/h8-11,14-16H,5-7,12-13,17H2,1-4H3,(H,27,31). The van der Waals surface area contributed by atoms with Crippen LogP contribution in [0.3, 0.4) is 0 Å². The van der Waals surface area contributed by atoms with E-state index < -0.39 is 10.0 Å². The summed E-state index contributed by atoms with van der Waals surface area (Å²) in [6, 6.07) is 13.3. The van der Waals surface area contributed by atoms with Crippen molar-refractivity contribution in [3.8, 4) is 0 Å². The van der Waals surface area contributed by atoms with Crippen molar-refractivity contribution in [1.82, 2.24) is 14.1 Å². The minimum absolute atomic E-state index is 0.169. The maximum Gasteiger partial charge on any atom is 0.255 e. The smallest absolute Gasteiger partial charge is 0.255 e. The fourth-order valence-electron chi connectivity index (χ4n) is 4.63. The van der Waals surface area contributed by atoms with Gasteiger partial charge in [-0.2, -0.15) is 9.40 Å². The van der Waals surface area contributed by atoms with Crippen LogP contribution < -0.4 is 5.32 Å². The minimum atomic E-state index is -3.55. The molecule has 0 unspecified atom stereocenters. The van der Waals surface area contributed by atoms with Crippen LogP contribution in [0.1, 0.15) is 57.7 Å². The lowest BCUT2D eigenvalue weighted by Crippen LogP contribution is -2.36. The molecule has 1 saturated heterocycles. The molecule has 1 fully saturated rings. The van der Waals surface area contributed by atoms with Gasteiger partial charge in [0.2, 0.25) is 10.0 Å². The van der Waals surface area contributed by atoms with Gasteiger partial charge in [-0.15, -0.1) is 0 Å². The first-order valence-electron chi connectivity index (χ1n) is 11.7. The van der Waals surface area contributed by atoms with E-state index in [-0.39, 0.29) is 5.91 Å². The van der Waals surface area contributed by atoms with Gasteiger partial charge in [-0.1, -0.05) is 24.6 Å². The van der Waals surface area contributed by atoms with Gasteiger partial charge in [-0.3, -0.25) is 9.48 Å². The highest BCUT2D eigenvalue weighted by atomic mass is 32.2. The van der Waals surface area contributed by atoms with Crippen LogP contribution in [0.5, 0.6) is 0 Å². The van der Waals surface area contributed by atoms with E-state index in [1.165, 1.54) is 0 Å². The monoisotopic (exact) mass is 480 g/mol. The molecule has 1 aromatic heterocycles. The number of aromatic nitrogens is 2. The molecule has 0 spiro atoms. The van der Waals surface area contributed by atoms with Gasteiger partial charge in [0.15, 0.2) is 0 Å². The Morgan fingerprint density at radius 2 is 1.56 bits per heavy atom. The van der Waals surface area contributed by atoms with Crippen molar-refractivity contribution in [2.24, 2.45) is 0 Å². The van der Waals surface area contributed by atoms with Gasteiger partial charge < -0.3 is 5.32 Å². The lowest BCUT2D eigenvalue weighted by molar-refractivity contribution is 0.102. The molecular weight excluding hydrogens is 448 g/mol. The Morgan fingerprint density at radius 3 is 2.18 bits per heavy atom. The molecule has 0 saturated carbocycles. The average Bonchev–Trinajstić information content (AvgIpc) is 3.07. The van der Waals surface area contributed by atoms with Crippen LogP contribution in [0, 0.1) is 27.7 Å². The van der Waals surface area contributed by atoms with E-state index >= 15 is 0 Å². The molecule has 0 radical (unpaired) electrons. The number of rotatable bonds is 6. The molecule has 8 heteroatoms. The third-order valence-electron chi connectivity index (χ3n) is 6.26. The fraction of sp³-hybridized carbons (Fsp3) is 0.385. The summed E-state index contributed by atoms with van der Waals surface area (Å²) in [5.74, 6) is -0.169. The second kappa shape index (κ2) is 9.72. The molecule has 2 aromatic carbocycles. The largest absolute Gasteiger partial charge is 0.322 e. The van der Waals surface area contributed by atoms with Gasteiger partial charge >= 0.3 is 0 Å². The molecule has 3 aromatic rings. The van der Waals surface area contributed by atoms with Crippen molar-refractivity contribution in [3.63, 3.8) is 0 Å². The third kappa shape index (κ3) is 5.08. The van der Waals surface area contributed by atoms with Crippen LogP contribution >= 0.6 is 0 Å². The molecule has 1 aliphatic rings. The molecule has 7 nitrogen and oxygen atoms in total. The molecule has 1 aliphatic heterocycles. The predicted molar refractivity (Wildman–Crippen MR) is 134 cm³/mol. The number of amides is 1. The number of anilines is 1. The Balaban J connectivity index is 1.49. The number of carbonyl (C=O) groups is 1. The summed E-state index contributed by atoms with van der Waals surface area (Å²) >= 11 is 0. The normalized spacial score (nSPS) is 14.8. The maximum atomic E-state index is 13.2. The first-order chi connectivity index (χ1) is 16.1. The molecule has 1 amide bonds. The van der Waals surface area contributed by atoms with E-state index in [0.29, 0.717) is 41.5 Å². The van der Waals surface area contributed by atoms with Crippen molar-refractivity contribution in [2.75, 3.05) is 18.4 Å². The highest BCUT2D eigenvalue weighted by molar-refractivity contribution is 7.89. The van der Waals surface area contributed by atoms with E-state index in [4.69, 9.17) is 0 Å². The number of carbonyl (C=O) groups excluding carboxylic acids is 1. The molecule has 0 atom stereocenters. The van der Waals surface area contributed by atoms with Gasteiger partial charge in [-0.05, 0) is 81.5 Å². The molecule has 180 valence electrons. The Labute approximate surface area is 201 Å². The van der Waals surface area contributed by atoms with Crippen LogP contribution in [-0.4, -0.2) is 41.5 Å². The van der Waals surface area contributed by atoms with Gasteiger partial charge in [0.1, 0.15) is 4.90 Å². The molecule has 2 heterocycles. The van der Waals surface area contributed by atoms with Crippen LogP contribution in [-0.2, 0) is 16.6 Å². The summed E-state index contributed by atoms with van der Waals surface area (Å²) in [7, 11) is -3.55. The van der Waals surface area contributed by atoms with E-state index in [2.05, 4.69) is 16.5 Å². The zero-order valence-corrected chi connectivity index (χ0v) is 21.1. The molecule has 0 aliphatic carbocycles. The first kappa shape index (κ1) is 24.2. The van der Waals surface area contributed by atoms with Crippen LogP contribution in [0.2, 0.25) is 0 Å². The van der Waals surface area contributed by atoms with E-state index in [9.17, 15) is 13.2 Å². The Kier molecular flexibility index (Phi) is 6.91. The third-order valence-corrected chi connectivity index (χ3v) is 8.41. The summed E-state index contributed by atoms with van der Waals surface area (Å²) in [4.78, 5) is 13.0. The Morgan fingerprint density at radius 1 is 0.941 bits per heavy atom. The molecule has 0 bridgehead atoms. The van der Waals surface area contributed by atoms with Gasteiger partial charge in [0.25, 0.3) is 5.91 Å². The van der Waals surface area contributed by atoms with E-state index in [0.717, 1.165) is 41.6 Å². The zero-order valence-electron chi connectivity index (χ0n) is 20.3. The van der Waals surface area contributed by atoms with Gasteiger partial charge in [0.05, 0.1) is 17.9 Å². The number of piperidine rings is 1. The van der Waals surface area contributed by atoms with E-state index in [1.807, 2.05) is 45.0 Å². The Hall–Kier alpha value is -2.97. The highest BCUT2D eigenvalue weighted by Crippen LogP contribution is 2.26. The summed E-state index contributed by atoms with van der Waals surface area (Å²) < 4.78 is 29.8. The summed E-state index contributed by atoms with van der Waals surface area (Å²) in [6.45, 7) is 9.12. The topological polar surface area (TPSA) is 84.3 Å². The molecule has 34 heavy (non-hydrogen) atoms. The van der Waals surface area contributed by atoms with Crippen molar-refractivity contribution < 1.29 is 13.2 Å². The second-order valence-electron chi connectivity index (χ2n) is 9.15. The van der Waals surface area contributed by atoms with Crippen molar-refractivity contribution in [2.45, 2.75) is 58.4 Å². The SMILES string of the molecule is Cc1cc(C)cc(NC(=O)c2ccc(Cn3nc(C)c(S(=O)(=O)N4CCCCC4)c3C)cc2)c1. The molecule has 4 rings (SSSR count). The lowest BCUT2D eigenvalue weighted by atomic mass is 10.1. The van der Waals surface area contributed by atoms with Crippen LogP contribution in [0.4, 0.5) is 5.69 Å². The number of aryl methyl sites for hydroxylation is 3. The second-order valence-corrected chi connectivity index (χ2v) is 11.0. The Bertz CT molecular complexity index is 1280. The first-order valence-corrected chi connectivity index (χ1v) is 13.1. The average molecular weight is 481 g/mol. The lowest BCUT2D eigenvalue weighted by Gasteiger charge is -2.26. The van der Waals surface area contributed by atoms with Crippen LogP contribution in [0.15, 0.2) is 47.4 Å². The predicted octanol–water partition coefficient (Wildman–Crippen LogP) is 4.59. The summed E-state index contributed by atoms with van der Waals surface area (Å²) in [5, 5.41) is 7.48.